The summed E-state index contributed by atoms with van der Waals surface area (Å²) >= 11 is 6.04. The molecule has 4 rings (SSSR count). The van der Waals surface area contributed by atoms with Crippen LogP contribution in [0.3, 0.4) is 0 Å². The van der Waals surface area contributed by atoms with Crippen LogP contribution in [0.25, 0.3) is 0 Å². The highest BCUT2D eigenvalue weighted by Crippen LogP contribution is 2.33. The Labute approximate surface area is 157 Å². The Morgan fingerprint density at radius 1 is 1.23 bits per heavy atom. The summed E-state index contributed by atoms with van der Waals surface area (Å²) in [6.07, 6.45) is 5.81. The molecule has 6 heteroatoms. The number of benzene rings is 1. The van der Waals surface area contributed by atoms with Gasteiger partial charge in [0.2, 0.25) is 11.8 Å². The molecule has 1 saturated heterocycles. The Balaban J connectivity index is 1.49. The van der Waals surface area contributed by atoms with Crippen LogP contribution < -0.4 is 4.90 Å². The third-order valence-electron chi connectivity index (χ3n) is 4.97. The van der Waals surface area contributed by atoms with Crippen LogP contribution in [-0.2, 0) is 16.1 Å². The Hall–Kier alpha value is -2.40. The lowest BCUT2D eigenvalue weighted by Gasteiger charge is -2.25. The van der Waals surface area contributed by atoms with Gasteiger partial charge in [-0.2, -0.15) is 0 Å². The zero-order chi connectivity index (χ0) is 18.1. The fraction of sp³-hybridized carbons (Fsp3) is 0.350. The van der Waals surface area contributed by atoms with Gasteiger partial charge in [0.1, 0.15) is 0 Å². The average molecular weight is 370 g/mol. The van der Waals surface area contributed by atoms with Crippen LogP contribution in [0.5, 0.6) is 0 Å². The van der Waals surface area contributed by atoms with Gasteiger partial charge < -0.3 is 9.80 Å². The van der Waals surface area contributed by atoms with Crippen molar-refractivity contribution in [2.75, 3.05) is 11.4 Å². The monoisotopic (exact) mass is 369 g/mol. The molecular formula is C20H20ClN3O2. The van der Waals surface area contributed by atoms with E-state index in [9.17, 15) is 9.59 Å². The number of nitrogens with zero attached hydrogens (tertiary/aromatic N) is 3. The molecule has 2 aliphatic rings. The zero-order valence-electron chi connectivity index (χ0n) is 14.3. The molecule has 0 N–H and O–H groups in total. The molecule has 134 valence electrons. The predicted octanol–water partition coefficient (Wildman–Crippen LogP) is 3.28. The van der Waals surface area contributed by atoms with E-state index in [1.807, 2.05) is 29.2 Å². The van der Waals surface area contributed by atoms with Crippen molar-refractivity contribution in [3.05, 3.63) is 59.4 Å². The first-order valence-electron chi connectivity index (χ1n) is 8.87. The van der Waals surface area contributed by atoms with Gasteiger partial charge >= 0.3 is 0 Å². The first-order chi connectivity index (χ1) is 12.6. The van der Waals surface area contributed by atoms with Crippen LogP contribution in [0.4, 0.5) is 5.69 Å². The largest absolute Gasteiger partial charge is 0.335 e. The topological polar surface area (TPSA) is 53.5 Å². The number of halogens is 1. The van der Waals surface area contributed by atoms with Crippen LogP contribution in [0.15, 0.2) is 48.8 Å². The van der Waals surface area contributed by atoms with Crippen molar-refractivity contribution in [1.29, 1.82) is 0 Å². The molecule has 2 fully saturated rings. The van der Waals surface area contributed by atoms with E-state index < -0.39 is 0 Å². The van der Waals surface area contributed by atoms with Gasteiger partial charge in [-0.3, -0.25) is 14.6 Å². The Morgan fingerprint density at radius 3 is 2.69 bits per heavy atom. The molecule has 1 unspecified atom stereocenters. The first kappa shape index (κ1) is 17.0. The normalized spacial score (nSPS) is 19.7. The van der Waals surface area contributed by atoms with Crippen LogP contribution in [0, 0.1) is 5.92 Å². The molecule has 1 aliphatic carbocycles. The number of carbonyl (C=O) groups excluding carboxylic acids is 2. The third kappa shape index (κ3) is 3.58. The molecule has 2 heterocycles. The van der Waals surface area contributed by atoms with Crippen molar-refractivity contribution in [1.82, 2.24) is 9.88 Å². The summed E-state index contributed by atoms with van der Waals surface area (Å²) in [6.45, 7) is 0.992. The fourth-order valence-electron chi connectivity index (χ4n) is 3.46. The van der Waals surface area contributed by atoms with Crippen LogP contribution >= 0.6 is 11.6 Å². The van der Waals surface area contributed by atoms with E-state index in [1.54, 1.807) is 29.4 Å². The number of pyridine rings is 1. The van der Waals surface area contributed by atoms with Crippen molar-refractivity contribution >= 4 is 29.1 Å². The molecule has 1 aromatic heterocycles. The molecule has 5 nitrogen and oxygen atoms in total. The summed E-state index contributed by atoms with van der Waals surface area (Å²) in [7, 11) is 0. The van der Waals surface area contributed by atoms with Gasteiger partial charge in [-0.05, 0) is 48.7 Å². The zero-order valence-corrected chi connectivity index (χ0v) is 15.1. The van der Waals surface area contributed by atoms with Crippen molar-refractivity contribution < 1.29 is 9.59 Å². The highest BCUT2D eigenvalue weighted by molar-refractivity contribution is 6.31. The number of aromatic nitrogens is 1. The highest BCUT2D eigenvalue weighted by atomic mass is 35.5. The lowest BCUT2D eigenvalue weighted by atomic mass is 10.1. The smallest absolute Gasteiger partial charge is 0.228 e. The van der Waals surface area contributed by atoms with E-state index in [1.165, 1.54) is 0 Å². The molecule has 2 amide bonds. The maximum atomic E-state index is 13.1. The van der Waals surface area contributed by atoms with Gasteiger partial charge in [0.25, 0.3) is 0 Å². The molecule has 1 aromatic carbocycles. The fourth-order valence-corrected chi connectivity index (χ4v) is 3.64. The van der Waals surface area contributed by atoms with Crippen LogP contribution in [0.2, 0.25) is 5.02 Å². The van der Waals surface area contributed by atoms with Gasteiger partial charge in [0, 0.05) is 48.7 Å². The van der Waals surface area contributed by atoms with Crippen LogP contribution in [0.1, 0.15) is 24.8 Å². The molecular weight excluding hydrogens is 350 g/mol. The van der Waals surface area contributed by atoms with Crippen LogP contribution in [-0.4, -0.2) is 34.3 Å². The number of carbonyl (C=O) groups is 2. The van der Waals surface area contributed by atoms with E-state index in [0.717, 1.165) is 24.1 Å². The first-order valence-corrected chi connectivity index (χ1v) is 9.25. The molecule has 1 aliphatic heterocycles. The lowest BCUT2D eigenvalue weighted by Crippen LogP contribution is -2.38. The summed E-state index contributed by atoms with van der Waals surface area (Å²) in [5.41, 5.74) is 1.82. The number of anilines is 1. The van der Waals surface area contributed by atoms with E-state index in [2.05, 4.69) is 4.98 Å². The minimum atomic E-state index is -0.302. The summed E-state index contributed by atoms with van der Waals surface area (Å²) in [5, 5.41) is 0.586. The Kier molecular flexibility index (Phi) is 4.64. The molecule has 26 heavy (non-hydrogen) atoms. The maximum Gasteiger partial charge on any atom is 0.228 e. The van der Waals surface area contributed by atoms with Gasteiger partial charge in [-0.1, -0.05) is 17.7 Å². The van der Waals surface area contributed by atoms with Gasteiger partial charge in [0.15, 0.2) is 0 Å². The Bertz CT molecular complexity index is 823. The van der Waals surface area contributed by atoms with Gasteiger partial charge in [0.05, 0.1) is 5.92 Å². The van der Waals surface area contributed by atoms with Crippen molar-refractivity contribution in [2.45, 2.75) is 31.8 Å². The average Bonchev–Trinajstić information content (AvgIpc) is 3.41. The summed E-state index contributed by atoms with van der Waals surface area (Å²) in [6, 6.07) is 11.4. The maximum absolute atomic E-state index is 13.1. The van der Waals surface area contributed by atoms with E-state index in [4.69, 9.17) is 11.6 Å². The van der Waals surface area contributed by atoms with E-state index in [0.29, 0.717) is 24.2 Å². The number of hydrogen-bond acceptors (Lipinski definition) is 3. The highest BCUT2D eigenvalue weighted by Gasteiger charge is 2.41. The standard InChI is InChI=1S/C20H20ClN3O2/c21-16-2-1-3-18(11-16)23-13-15(10-19(23)25)20(26)24(17-4-5-17)12-14-6-8-22-9-7-14/h1-3,6-9,11,15,17H,4-5,10,12-13H2. The predicted molar refractivity (Wildman–Crippen MR) is 99.7 cm³/mol. The van der Waals surface area contributed by atoms with Crippen molar-refractivity contribution in [3.63, 3.8) is 0 Å². The number of amides is 2. The Morgan fingerprint density at radius 2 is 2.00 bits per heavy atom. The number of rotatable bonds is 5. The van der Waals surface area contributed by atoms with Crippen molar-refractivity contribution in [3.8, 4) is 0 Å². The van der Waals surface area contributed by atoms with E-state index >= 15 is 0 Å². The van der Waals surface area contributed by atoms with Gasteiger partial charge in [-0.25, -0.2) is 0 Å². The van der Waals surface area contributed by atoms with Crippen molar-refractivity contribution in [2.24, 2.45) is 5.92 Å². The van der Waals surface area contributed by atoms with Gasteiger partial charge in [-0.15, -0.1) is 0 Å². The third-order valence-corrected chi connectivity index (χ3v) is 5.20. The lowest BCUT2D eigenvalue weighted by molar-refractivity contribution is -0.137. The summed E-state index contributed by atoms with van der Waals surface area (Å²) in [5.74, 6) is -0.253. The molecule has 0 bridgehead atoms. The second-order valence-corrected chi connectivity index (χ2v) is 7.37. The summed E-state index contributed by atoms with van der Waals surface area (Å²) in [4.78, 5) is 33.2. The SMILES string of the molecule is O=C1CC(C(=O)N(Cc2ccncc2)C2CC2)CN1c1cccc(Cl)c1. The van der Waals surface area contributed by atoms with E-state index in [-0.39, 0.29) is 24.2 Å². The minimum absolute atomic E-state index is 0.0229. The molecule has 1 atom stereocenters. The second-order valence-electron chi connectivity index (χ2n) is 6.94. The quantitative estimate of drug-likeness (QED) is 0.812. The number of hydrogen-bond donors (Lipinski definition) is 0. The second kappa shape index (κ2) is 7.08. The molecule has 1 saturated carbocycles. The minimum Gasteiger partial charge on any atom is -0.335 e. The molecule has 0 radical (unpaired) electrons. The molecule has 0 spiro atoms. The summed E-state index contributed by atoms with van der Waals surface area (Å²) < 4.78 is 0. The molecule has 2 aromatic rings.